The van der Waals surface area contributed by atoms with Crippen molar-refractivity contribution >= 4 is 23.5 Å². The average molecular weight is 489 g/mol. The van der Waals surface area contributed by atoms with Gasteiger partial charge in [0.1, 0.15) is 0 Å². The molecule has 0 saturated heterocycles. The molecule has 2 aromatic carbocycles. The van der Waals surface area contributed by atoms with Gasteiger partial charge in [0.15, 0.2) is 18.1 Å². The third-order valence-corrected chi connectivity index (χ3v) is 4.63. The summed E-state index contributed by atoms with van der Waals surface area (Å²) < 4.78 is 21.0. The Balaban J connectivity index is 2.44. The average Bonchev–Trinajstić information content (AvgIpc) is 2.80. The number of nitro benzene ring substituents is 1. The predicted molar refractivity (Wildman–Crippen MR) is 123 cm³/mol. The Labute approximate surface area is 201 Å². The van der Waals surface area contributed by atoms with Crippen LogP contribution >= 0.6 is 0 Å². The van der Waals surface area contributed by atoms with E-state index in [2.05, 4.69) is 5.32 Å². The van der Waals surface area contributed by atoms with Crippen LogP contribution in [0.15, 0.2) is 36.4 Å². The topological polar surface area (TPSA) is 169 Å². The molecule has 0 spiro atoms. The summed E-state index contributed by atoms with van der Waals surface area (Å²) in [4.78, 5) is 47.6. The molecular weight excluding hydrogens is 462 g/mol. The van der Waals surface area contributed by atoms with Crippen molar-refractivity contribution in [1.29, 1.82) is 0 Å². The smallest absolute Gasteiger partial charge is 0.308 e. The molecular formula is C23H27N3O9. The van der Waals surface area contributed by atoms with Gasteiger partial charge in [-0.05, 0) is 26.0 Å². The van der Waals surface area contributed by atoms with Gasteiger partial charge in [-0.2, -0.15) is 0 Å². The molecule has 12 heteroatoms. The number of hydrogen-bond donors (Lipinski definition) is 2. The number of methoxy groups -OCH3 is 2. The van der Waals surface area contributed by atoms with Crippen molar-refractivity contribution in [2.45, 2.75) is 32.4 Å². The van der Waals surface area contributed by atoms with Gasteiger partial charge in [0, 0.05) is 11.6 Å². The zero-order valence-corrected chi connectivity index (χ0v) is 19.7. The molecule has 12 nitrogen and oxygen atoms in total. The number of benzene rings is 2. The molecule has 35 heavy (non-hydrogen) atoms. The number of para-hydroxylation sites is 1. The summed E-state index contributed by atoms with van der Waals surface area (Å²) in [5.74, 6) is -1.83. The second kappa shape index (κ2) is 12.2. The number of nitro groups is 1. The highest BCUT2D eigenvalue weighted by Crippen LogP contribution is 2.39. The molecule has 0 heterocycles. The monoisotopic (exact) mass is 489 g/mol. The Morgan fingerprint density at radius 2 is 1.69 bits per heavy atom. The molecule has 0 saturated carbocycles. The highest BCUT2D eigenvalue weighted by atomic mass is 16.6. The first kappa shape index (κ1) is 26.9. The molecule has 0 aliphatic rings. The SMILES string of the molecule is COc1cc(C(=O)NC(CC(=O)OC(C)C)c2ccccc2[N+](=O)[O-])cc(OC)c1OCC(N)=O. The van der Waals surface area contributed by atoms with Crippen molar-refractivity contribution in [3.05, 3.63) is 57.6 Å². The Morgan fingerprint density at radius 1 is 1.09 bits per heavy atom. The number of hydrogen-bond acceptors (Lipinski definition) is 9. The van der Waals surface area contributed by atoms with Crippen molar-refractivity contribution in [2.75, 3.05) is 20.8 Å². The number of carbonyl (C=O) groups is 3. The van der Waals surface area contributed by atoms with Crippen LogP contribution in [0.3, 0.4) is 0 Å². The lowest BCUT2D eigenvalue weighted by molar-refractivity contribution is -0.385. The number of esters is 1. The maximum absolute atomic E-state index is 13.2. The van der Waals surface area contributed by atoms with Crippen LogP contribution < -0.4 is 25.3 Å². The van der Waals surface area contributed by atoms with E-state index in [-0.39, 0.29) is 40.5 Å². The molecule has 0 aliphatic carbocycles. The van der Waals surface area contributed by atoms with Crippen LogP contribution in [0, 0.1) is 10.1 Å². The number of nitrogens with one attached hydrogen (secondary N) is 1. The summed E-state index contributed by atoms with van der Waals surface area (Å²) in [6, 6.07) is 7.36. The summed E-state index contributed by atoms with van der Waals surface area (Å²) in [6.45, 7) is 2.88. The second-order valence-electron chi connectivity index (χ2n) is 7.55. The van der Waals surface area contributed by atoms with Crippen LogP contribution in [0.1, 0.15) is 42.2 Å². The molecule has 1 unspecified atom stereocenters. The third kappa shape index (κ3) is 7.32. The number of ether oxygens (including phenoxy) is 4. The molecule has 0 fully saturated rings. The lowest BCUT2D eigenvalue weighted by atomic mass is 10.0. The van der Waals surface area contributed by atoms with Gasteiger partial charge in [-0.1, -0.05) is 18.2 Å². The van der Waals surface area contributed by atoms with E-state index in [1.807, 2.05) is 0 Å². The van der Waals surface area contributed by atoms with Gasteiger partial charge in [-0.3, -0.25) is 24.5 Å². The molecule has 0 bridgehead atoms. The minimum atomic E-state index is -1.07. The normalized spacial score (nSPS) is 11.3. The first-order valence-electron chi connectivity index (χ1n) is 10.5. The lowest BCUT2D eigenvalue weighted by Gasteiger charge is -2.20. The first-order chi connectivity index (χ1) is 16.6. The summed E-state index contributed by atoms with van der Waals surface area (Å²) >= 11 is 0. The van der Waals surface area contributed by atoms with E-state index in [1.165, 1.54) is 44.6 Å². The third-order valence-electron chi connectivity index (χ3n) is 4.63. The summed E-state index contributed by atoms with van der Waals surface area (Å²) in [7, 11) is 2.65. The number of carbonyl (C=O) groups excluding carboxylic acids is 3. The van der Waals surface area contributed by atoms with Crippen molar-refractivity contribution in [2.24, 2.45) is 5.73 Å². The molecule has 0 radical (unpaired) electrons. The standard InChI is InChI=1S/C23H27N3O9/c1-13(2)35-21(28)11-16(15-7-5-6-8-17(15)26(30)31)25-23(29)14-9-18(32-3)22(19(10-14)33-4)34-12-20(24)27/h5-10,13,16H,11-12H2,1-4H3,(H2,24,27)(H,25,29). The largest absolute Gasteiger partial charge is 0.493 e. The molecule has 0 aliphatic heterocycles. The van der Waals surface area contributed by atoms with Crippen molar-refractivity contribution in [3.8, 4) is 17.2 Å². The number of primary amides is 1. The lowest BCUT2D eigenvalue weighted by Crippen LogP contribution is -2.31. The maximum Gasteiger partial charge on any atom is 0.308 e. The van der Waals surface area contributed by atoms with Gasteiger partial charge in [0.2, 0.25) is 5.75 Å². The van der Waals surface area contributed by atoms with E-state index >= 15 is 0 Å². The van der Waals surface area contributed by atoms with E-state index < -0.39 is 41.5 Å². The van der Waals surface area contributed by atoms with Gasteiger partial charge < -0.3 is 30.0 Å². The van der Waals surface area contributed by atoms with Crippen LogP contribution in [0.5, 0.6) is 17.2 Å². The molecule has 2 aromatic rings. The minimum absolute atomic E-state index is 0.0472. The van der Waals surface area contributed by atoms with E-state index in [4.69, 9.17) is 24.7 Å². The molecule has 3 N–H and O–H groups in total. The van der Waals surface area contributed by atoms with Crippen molar-refractivity contribution in [3.63, 3.8) is 0 Å². The molecule has 1 atom stereocenters. The fourth-order valence-corrected chi connectivity index (χ4v) is 3.20. The molecule has 188 valence electrons. The predicted octanol–water partition coefficient (Wildman–Crippen LogP) is 2.29. The summed E-state index contributed by atoms with van der Waals surface area (Å²) in [6.07, 6.45) is -0.755. The fourth-order valence-electron chi connectivity index (χ4n) is 3.20. The van der Waals surface area contributed by atoms with Gasteiger partial charge in [-0.15, -0.1) is 0 Å². The Hall–Kier alpha value is -4.35. The van der Waals surface area contributed by atoms with Gasteiger partial charge in [0.25, 0.3) is 17.5 Å². The van der Waals surface area contributed by atoms with Gasteiger partial charge >= 0.3 is 5.97 Å². The Morgan fingerprint density at radius 3 is 2.20 bits per heavy atom. The van der Waals surface area contributed by atoms with Crippen LogP contribution in [0.2, 0.25) is 0 Å². The number of amides is 2. The van der Waals surface area contributed by atoms with E-state index in [1.54, 1.807) is 19.9 Å². The van der Waals surface area contributed by atoms with Gasteiger partial charge in [0.05, 0.1) is 43.3 Å². The fraction of sp³-hybridized carbons (Fsp3) is 0.348. The molecule has 2 rings (SSSR count). The Bertz CT molecular complexity index is 1080. The summed E-state index contributed by atoms with van der Waals surface area (Å²) in [5.41, 5.74) is 5.03. The second-order valence-corrected chi connectivity index (χ2v) is 7.55. The van der Waals surface area contributed by atoms with E-state index in [9.17, 15) is 24.5 Å². The first-order valence-corrected chi connectivity index (χ1v) is 10.5. The van der Waals surface area contributed by atoms with Crippen LogP contribution in [-0.4, -0.2) is 49.6 Å². The Kier molecular flexibility index (Phi) is 9.38. The number of nitrogens with zero attached hydrogens (tertiary/aromatic N) is 1. The highest BCUT2D eigenvalue weighted by Gasteiger charge is 2.28. The van der Waals surface area contributed by atoms with E-state index in [0.29, 0.717) is 0 Å². The van der Waals surface area contributed by atoms with Gasteiger partial charge in [-0.25, -0.2) is 0 Å². The zero-order valence-electron chi connectivity index (χ0n) is 19.7. The zero-order chi connectivity index (χ0) is 26.1. The van der Waals surface area contributed by atoms with Crippen molar-refractivity contribution < 1.29 is 38.3 Å². The molecule has 0 aromatic heterocycles. The van der Waals surface area contributed by atoms with Crippen LogP contribution in [0.25, 0.3) is 0 Å². The summed E-state index contributed by atoms with van der Waals surface area (Å²) in [5, 5.41) is 14.2. The van der Waals surface area contributed by atoms with Crippen LogP contribution in [-0.2, 0) is 14.3 Å². The maximum atomic E-state index is 13.2. The highest BCUT2D eigenvalue weighted by molar-refractivity contribution is 5.96. The van der Waals surface area contributed by atoms with Crippen molar-refractivity contribution in [1.82, 2.24) is 5.32 Å². The minimum Gasteiger partial charge on any atom is -0.493 e. The molecule has 2 amide bonds. The van der Waals surface area contributed by atoms with Crippen LogP contribution in [0.4, 0.5) is 5.69 Å². The number of nitrogens with two attached hydrogens (primary N) is 1. The number of rotatable bonds is 12. The van der Waals surface area contributed by atoms with E-state index in [0.717, 1.165) is 0 Å². The quantitative estimate of drug-likeness (QED) is 0.258.